The van der Waals surface area contributed by atoms with E-state index >= 15 is 0 Å². The summed E-state index contributed by atoms with van der Waals surface area (Å²) in [7, 11) is -3.39. The summed E-state index contributed by atoms with van der Waals surface area (Å²) in [4.78, 5) is 22.0. The summed E-state index contributed by atoms with van der Waals surface area (Å²) in [5.41, 5.74) is 1.83. The molecule has 108 valence electrons. The number of aryl methyl sites for hydroxylation is 1. The number of anilines is 1. The molecule has 0 atom stereocenters. The number of sulfone groups is 1. The summed E-state index contributed by atoms with van der Waals surface area (Å²) in [6.45, 7) is 1.78. The highest BCUT2D eigenvalue weighted by Crippen LogP contribution is 2.16. The van der Waals surface area contributed by atoms with Gasteiger partial charge in [-0.3, -0.25) is 4.79 Å². The molecular weight excluding hydrogens is 282 g/mol. The van der Waals surface area contributed by atoms with Gasteiger partial charge in [0, 0.05) is 18.0 Å². The number of rotatable bonds is 5. The monoisotopic (exact) mass is 297 g/mol. The molecule has 0 spiro atoms. The van der Waals surface area contributed by atoms with E-state index in [1.165, 1.54) is 6.08 Å². The van der Waals surface area contributed by atoms with Gasteiger partial charge in [0.25, 0.3) is 0 Å². The average Bonchev–Trinajstić information content (AvgIpc) is 2.22. The van der Waals surface area contributed by atoms with Crippen molar-refractivity contribution >= 4 is 33.5 Å². The number of amides is 1. The first kappa shape index (κ1) is 15.9. The number of carbonyl (C=O) groups is 2. The highest BCUT2D eigenvalue weighted by Gasteiger charge is 2.11. The summed E-state index contributed by atoms with van der Waals surface area (Å²) >= 11 is 0. The van der Waals surface area contributed by atoms with Crippen LogP contribution in [0.25, 0.3) is 6.08 Å². The molecule has 0 aliphatic carbocycles. The van der Waals surface area contributed by atoms with Crippen LogP contribution in [-0.2, 0) is 19.4 Å². The molecular formula is C13H15NO5S. The predicted molar refractivity (Wildman–Crippen MR) is 76.2 cm³/mol. The molecule has 0 aliphatic rings. The Morgan fingerprint density at radius 1 is 1.30 bits per heavy atom. The van der Waals surface area contributed by atoms with Crippen molar-refractivity contribution < 1.29 is 23.1 Å². The molecule has 1 amide bonds. The van der Waals surface area contributed by atoms with Gasteiger partial charge in [-0.2, -0.15) is 0 Å². The maximum atomic E-state index is 11.5. The van der Waals surface area contributed by atoms with Gasteiger partial charge in [-0.05, 0) is 36.3 Å². The first-order valence-electron chi connectivity index (χ1n) is 5.66. The lowest BCUT2D eigenvalue weighted by atomic mass is 10.1. The molecule has 0 bridgehead atoms. The Hall–Kier alpha value is -2.15. The van der Waals surface area contributed by atoms with E-state index in [2.05, 4.69) is 5.32 Å². The van der Waals surface area contributed by atoms with Crippen molar-refractivity contribution in [1.29, 1.82) is 0 Å². The van der Waals surface area contributed by atoms with E-state index in [0.29, 0.717) is 11.3 Å². The van der Waals surface area contributed by atoms with Crippen LogP contribution >= 0.6 is 0 Å². The van der Waals surface area contributed by atoms with Crippen molar-refractivity contribution in [3.63, 3.8) is 0 Å². The number of hydrogen-bond acceptors (Lipinski definition) is 4. The lowest BCUT2D eigenvalue weighted by Crippen LogP contribution is -2.21. The Balaban J connectivity index is 2.91. The van der Waals surface area contributed by atoms with E-state index < -0.39 is 27.5 Å². The summed E-state index contributed by atoms with van der Waals surface area (Å²) in [6, 6.07) is 4.97. The first-order valence-corrected chi connectivity index (χ1v) is 7.72. The molecule has 0 unspecified atom stereocenters. The number of carboxylic acid groups (broad SMARTS) is 1. The standard InChI is InChI=1S/C13H15NO5S/c1-9-5-10(3-4-13(16)17)7-11(6-9)14-12(15)8-20(2,18)19/h3-7H,8H2,1-2H3,(H,14,15)(H,16,17)/b4-3+. The molecule has 1 rings (SSSR count). The molecule has 0 aromatic heterocycles. The lowest BCUT2D eigenvalue weighted by Gasteiger charge is -2.07. The van der Waals surface area contributed by atoms with E-state index in [-0.39, 0.29) is 0 Å². The Morgan fingerprint density at radius 2 is 1.95 bits per heavy atom. The van der Waals surface area contributed by atoms with Gasteiger partial charge in [0.15, 0.2) is 9.84 Å². The predicted octanol–water partition coefficient (Wildman–Crippen LogP) is 1.08. The zero-order chi connectivity index (χ0) is 15.3. The SMILES string of the molecule is Cc1cc(/C=C/C(=O)O)cc(NC(=O)CS(C)(=O)=O)c1. The van der Waals surface area contributed by atoms with E-state index in [1.807, 2.05) is 0 Å². The molecule has 0 saturated heterocycles. The van der Waals surface area contributed by atoms with Crippen molar-refractivity contribution in [2.75, 3.05) is 17.3 Å². The molecule has 20 heavy (non-hydrogen) atoms. The first-order chi connectivity index (χ1) is 9.15. The Labute approximate surface area is 117 Å². The van der Waals surface area contributed by atoms with Crippen LogP contribution < -0.4 is 5.32 Å². The van der Waals surface area contributed by atoms with Gasteiger partial charge in [-0.25, -0.2) is 13.2 Å². The number of aliphatic carboxylic acids is 1. The zero-order valence-electron chi connectivity index (χ0n) is 11.1. The third-order valence-electron chi connectivity index (χ3n) is 2.20. The van der Waals surface area contributed by atoms with Gasteiger partial charge >= 0.3 is 5.97 Å². The maximum absolute atomic E-state index is 11.5. The van der Waals surface area contributed by atoms with Crippen LogP contribution in [-0.4, -0.2) is 37.4 Å². The maximum Gasteiger partial charge on any atom is 0.328 e. The molecule has 1 aromatic carbocycles. The van der Waals surface area contributed by atoms with Crippen molar-refractivity contribution in [2.45, 2.75) is 6.92 Å². The van der Waals surface area contributed by atoms with Crippen LogP contribution in [0.4, 0.5) is 5.69 Å². The Morgan fingerprint density at radius 3 is 2.50 bits per heavy atom. The molecule has 0 aliphatic heterocycles. The summed E-state index contributed by atoms with van der Waals surface area (Å²) in [6.07, 6.45) is 3.35. The van der Waals surface area contributed by atoms with Crippen molar-refractivity contribution in [2.24, 2.45) is 0 Å². The smallest absolute Gasteiger partial charge is 0.328 e. The van der Waals surface area contributed by atoms with Gasteiger partial charge in [-0.1, -0.05) is 6.07 Å². The molecule has 1 aromatic rings. The molecule has 2 N–H and O–H groups in total. The number of carbonyl (C=O) groups excluding carboxylic acids is 1. The summed E-state index contributed by atoms with van der Waals surface area (Å²) in [5.74, 6) is -2.30. The van der Waals surface area contributed by atoms with E-state index in [1.54, 1.807) is 25.1 Å². The van der Waals surface area contributed by atoms with Crippen molar-refractivity contribution in [3.8, 4) is 0 Å². The van der Waals surface area contributed by atoms with E-state index in [9.17, 15) is 18.0 Å². The molecule has 0 saturated carbocycles. The van der Waals surface area contributed by atoms with Gasteiger partial charge in [-0.15, -0.1) is 0 Å². The van der Waals surface area contributed by atoms with Crippen LogP contribution in [0, 0.1) is 6.92 Å². The zero-order valence-corrected chi connectivity index (χ0v) is 11.9. The number of hydrogen-bond donors (Lipinski definition) is 2. The number of benzene rings is 1. The second-order valence-corrected chi connectivity index (χ2v) is 6.56. The highest BCUT2D eigenvalue weighted by atomic mass is 32.2. The van der Waals surface area contributed by atoms with Gasteiger partial charge in [0.1, 0.15) is 5.75 Å². The quantitative estimate of drug-likeness (QED) is 0.792. The Kier molecular flexibility index (Phi) is 5.04. The van der Waals surface area contributed by atoms with Gasteiger partial charge in [0.2, 0.25) is 5.91 Å². The van der Waals surface area contributed by atoms with Crippen LogP contribution in [0.1, 0.15) is 11.1 Å². The summed E-state index contributed by atoms with van der Waals surface area (Å²) < 4.78 is 22.0. The third-order valence-corrected chi connectivity index (χ3v) is 2.98. The fraction of sp³-hybridized carbons (Fsp3) is 0.231. The number of carboxylic acids is 1. The fourth-order valence-electron chi connectivity index (χ4n) is 1.58. The molecule has 6 nitrogen and oxygen atoms in total. The van der Waals surface area contributed by atoms with Crippen LogP contribution in [0.5, 0.6) is 0 Å². The lowest BCUT2D eigenvalue weighted by molar-refractivity contribution is -0.131. The van der Waals surface area contributed by atoms with Crippen molar-refractivity contribution in [3.05, 3.63) is 35.4 Å². The van der Waals surface area contributed by atoms with Crippen LogP contribution in [0.15, 0.2) is 24.3 Å². The van der Waals surface area contributed by atoms with Crippen LogP contribution in [0.3, 0.4) is 0 Å². The minimum Gasteiger partial charge on any atom is -0.478 e. The van der Waals surface area contributed by atoms with Crippen LogP contribution in [0.2, 0.25) is 0 Å². The normalized spacial score (nSPS) is 11.5. The number of nitrogens with one attached hydrogen (secondary N) is 1. The third kappa shape index (κ3) is 6.14. The minimum atomic E-state index is -3.39. The molecule has 0 radical (unpaired) electrons. The van der Waals surface area contributed by atoms with E-state index in [0.717, 1.165) is 17.9 Å². The topological polar surface area (TPSA) is 101 Å². The van der Waals surface area contributed by atoms with E-state index in [4.69, 9.17) is 5.11 Å². The van der Waals surface area contributed by atoms with Gasteiger partial charge < -0.3 is 10.4 Å². The summed E-state index contributed by atoms with van der Waals surface area (Å²) in [5, 5.41) is 11.0. The molecule has 0 fully saturated rings. The molecule has 7 heteroatoms. The average molecular weight is 297 g/mol. The largest absolute Gasteiger partial charge is 0.478 e. The molecule has 0 heterocycles. The van der Waals surface area contributed by atoms with Crippen molar-refractivity contribution in [1.82, 2.24) is 0 Å². The highest BCUT2D eigenvalue weighted by molar-refractivity contribution is 7.91. The minimum absolute atomic E-state index is 0.420. The fourth-order valence-corrected chi connectivity index (χ4v) is 2.13. The second-order valence-electron chi connectivity index (χ2n) is 4.42. The van der Waals surface area contributed by atoms with Gasteiger partial charge in [0.05, 0.1) is 0 Å². The second kappa shape index (κ2) is 6.33. The Bertz CT molecular complexity index is 661.